The number of halogens is 1. The minimum Gasteiger partial charge on any atom is -0.461 e. The van der Waals surface area contributed by atoms with E-state index < -0.39 is 5.97 Å². The lowest BCUT2D eigenvalue weighted by Gasteiger charge is -2.36. The summed E-state index contributed by atoms with van der Waals surface area (Å²) in [5, 5.41) is 3.66. The number of carbonyl (C=O) groups is 2. The summed E-state index contributed by atoms with van der Waals surface area (Å²) in [6.45, 7) is 5.50. The fourth-order valence-electron chi connectivity index (χ4n) is 4.01. The standard InChI is InChI=1S/C24H27FN4O3/c1-2-32-24(31)23-22(17-7-3-5-9-19(17)26-23)27-21(30)11-12-28-13-15-29(16-14-28)20-10-6-4-8-18(20)25/h3-10,26H,2,11-16H2,1H3,(H,27,30). The van der Waals surface area contributed by atoms with Gasteiger partial charge in [0.05, 0.1) is 18.0 Å². The average Bonchev–Trinajstić information content (AvgIpc) is 3.17. The van der Waals surface area contributed by atoms with Crippen LogP contribution in [0.4, 0.5) is 15.8 Å². The normalized spacial score (nSPS) is 14.5. The van der Waals surface area contributed by atoms with Crippen LogP contribution in [0.15, 0.2) is 48.5 Å². The van der Waals surface area contributed by atoms with Gasteiger partial charge in [-0.25, -0.2) is 9.18 Å². The topological polar surface area (TPSA) is 77.7 Å². The number of H-pyrrole nitrogens is 1. The molecule has 1 amide bonds. The van der Waals surface area contributed by atoms with Crippen molar-refractivity contribution in [2.24, 2.45) is 0 Å². The number of ether oxygens (including phenoxy) is 1. The fraction of sp³-hybridized carbons (Fsp3) is 0.333. The Morgan fingerprint density at radius 2 is 1.78 bits per heavy atom. The Labute approximate surface area is 186 Å². The molecule has 0 unspecified atom stereocenters. The maximum absolute atomic E-state index is 14.0. The zero-order valence-corrected chi connectivity index (χ0v) is 18.1. The molecule has 0 saturated carbocycles. The zero-order chi connectivity index (χ0) is 22.5. The van der Waals surface area contributed by atoms with Crippen molar-refractivity contribution in [1.29, 1.82) is 0 Å². The zero-order valence-electron chi connectivity index (χ0n) is 18.1. The first-order valence-electron chi connectivity index (χ1n) is 10.9. The summed E-state index contributed by atoms with van der Waals surface area (Å²) in [6.07, 6.45) is 0.293. The lowest BCUT2D eigenvalue weighted by atomic mass is 10.2. The number of piperazine rings is 1. The number of nitrogens with zero attached hydrogens (tertiary/aromatic N) is 2. The maximum Gasteiger partial charge on any atom is 0.356 e. The summed E-state index contributed by atoms with van der Waals surface area (Å²) < 4.78 is 19.1. The molecule has 2 N–H and O–H groups in total. The highest BCUT2D eigenvalue weighted by atomic mass is 19.1. The van der Waals surface area contributed by atoms with Crippen LogP contribution in [-0.4, -0.2) is 61.1 Å². The Morgan fingerprint density at radius 1 is 1.06 bits per heavy atom. The van der Waals surface area contributed by atoms with Gasteiger partial charge in [-0.05, 0) is 25.1 Å². The van der Waals surface area contributed by atoms with Gasteiger partial charge < -0.3 is 19.9 Å². The smallest absolute Gasteiger partial charge is 0.356 e. The first kappa shape index (κ1) is 21.8. The summed E-state index contributed by atoms with van der Waals surface area (Å²) in [5.41, 5.74) is 2.08. The third-order valence-corrected chi connectivity index (χ3v) is 5.67. The van der Waals surface area contributed by atoms with Crippen LogP contribution in [0.3, 0.4) is 0 Å². The van der Waals surface area contributed by atoms with Crippen molar-refractivity contribution in [3.05, 3.63) is 60.0 Å². The first-order chi connectivity index (χ1) is 15.6. The molecule has 2 aromatic carbocycles. The number of carbonyl (C=O) groups excluding carboxylic acids is 2. The first-order valence-corrected chi connectivity index (χ1v) is 10.9. The molecular formula is C24H27FN4O3. The average molecular weight is 439 g/mol. The number of rotatable bonds is 7. The van der Waals surface area contributed by atoms with E-state index in [2.05, 4.69) is 15.2 Å². The molecule has 168 valence electrons. The summed E-state index contributed by atoms with van der Waals surface area (Å²) in [5.74, 6) is -0.878. The van der Waals surface area contributed by atoms with Crippen molar-refractivity contribution in [3.63, 3.8) is 0 Å². The van der Waals surface area contributed by atoms with E-state index in [-0.39, 0.29) is 24.0 Å². The van der Waals surface area contributed by atoms with E-state index in [1.807, 2.05) is 35.2 Å². The van der Waals surface area contributed by atoms with E-state index in [1.165, 1.54) is 6.07 Å². The quantitative estimate of drug-likeness (QED) is 0.551. The Kier molecular flexibility index (Phi) is 6.70. The molecular weight excluding hydrogens is 411 g/mol. The van der Waals surface area contributed by atoms with Crippen molar-refractivity contribution < 1.29 is 18.7 Å². The van der Waals surface area contributed by atoms with Crippen LogP contribution < -0.4 is 10.2 Å². The lowest BCUT2D eigenvalue weighted by molar-refractivity contribution is -0.116. The van der Waals surface area contributed by atoms with Gasteiger partial charge in [-0.1, -0.05) is 30.3 Å². The molecule has 1 aromatic heterocycles. The van der Waals surface area contributed by atoms with E-state index >= 15 is 0 Å². The highest BCUT2D eigenvalue weighted by Crippen LogP contribution is 2.28. The van der Waals surface area contributed by atoms with E-state index in [9.17, 15) is 14.0 Å². The molecule has 0 aliphatic carbocycles. The van der Waals surface area contributed by atoms with Gasteiger partial charge in [0.1, 0.15) is 11.5 Å². The second-order valence-electron chi connectivity index (χ2n) is 7.72. The number of amides is 1. The third-order valence-electron chi connectivity index (χ3n) is 5.67. The van der Waals surface area contributed by atoms with Crippen molar-refractivity contribution >= 4 is 34.2 Å². The van der Waals surface area contributed by atoms with E-state index in [0.29, 0.717) is 37.4 Å². The second kappa shape index (κ2) is 9.82. The van der Waals surface area contributed by atoms with Crippen LogP contribution in [0, 0.1) is 5.82 Å². The molecule has 2 heterocycles. The summed E-state index contributed by atoms with van der Waals surface area (Å²) >= 11 is 0. The molecule has 1 saturated heterocycles. The van der Waals surface area contributed by atoms with Gasteiger partial charge in [-0.15, -0.1) is 0 Å². The van der Waals surface area contributed by atoms with E-state index in [0.717, 1.165) is 24.0 Å². The summed E-state index contributed by atoms with van der Waals surface area (Å²) in [6, 6.07) is 14.2. The Morgan fingerprint density at radius 3 is 2.53 bits per heavy atom. The molecule has 7 nitrogen and oxygen atoms in total. The predicted octanol–water partition coefficient (Wildman–Crippen LogP) is 3.63. The number of aromatic amines is 1. The molecule has 3 aromatic rings. The number of hydrogen-bond donors (Lipinski definition) is 2. The molecule has 0 spiro atoms. The minimum absolute atomic E-state index is 0.170. The van der Waals surface area contributed by atoms with Crippen LogP contribution >= 0.6 is 0 Å². The van der Waals surface area contributed by atoms with Gasteiger partial charge in [0.25, 0.3) is 0 Å². The highest BCUT2D eigenvalue weighted by molar-refractivity contribution is 6.10. The molecule has 1 aliphatic heterocycles. The van der Waals surface area contributed by atoms with Crippen LogP contribution in [0.5, 0.6) is 0 Å². The number of para-hydroxylation sites is 2. The van der Waals surface area contributed by atoms with Crippen molar-refractivity contribution in [2.45, 2.75) is 13.3 Å². The number of esters is 1. The molecule has 1 aliphatic rings. The van der Waals surface area contributed by atoms with Crippen molar-refractivity contribution in [3.8, 4) is 0 Å². The number of fused-ring (bicyclic) bond motifs is 1. The third kappa shape index (κ3) is 4.75. The Balaban J connectivity index is 1.35. The summed E-state index contributed by atoms with van der Waals surface area (Å²) in [4.78, 5) is 32.3. The molecule has 0 bridgehead atoms. The van der Waals surface area contributed by atoms with Gasteiger partial charge >= 0.3 is 5.97 Å². The second-order valence-corrected chi connectivity index (χ2v) is 7.72. The van der Waals surface area contributed by atoms with Crippen LogP contribution in [0.1, 0.15) is 23.8 Å². The lowest BCUT2D eigenvalue weighted by Crippen LogP contribution is -2.47. The maximum atomic E-state index is 14.0. The fourth-order valence-corrected chi connectivity index (χ4v) is 4.01. The SMILES string of the molecule is CCOC(=O)c1[nH]c2ccccc2c1NC(=O)CCN1CCN(c2ccccc2F)CC1. The van der Waals surface area contributed by atoms with Gasteiger partial charge in [0, 0.05) is 50.0 Å². The Bertz CT molecular complexity index is 1110. The number of hydrogen-bond acceptors (Lipinski definition) is 5. The number of benzene rings is 2. The van der Waals surface area contributed by atoms with Gasteiger partial charge in [-0.2, -0.15) is 0 Å². The highest BCUT2D eigenvalue weighted by Gasteiger charge is 2.22. The molecule has 4 rings (SSSR count). The van der Waals surface area contributed by atoms with Crippen LogP contribution in [0.25, 0.3) is 10.9 Å². The molecule has 1 fully saturated rings. The van der Waals surface area contributed by atoms with E-state index in [1.54, 1.807) is 19.1 Å². The molecule has 32 heavy (non-hydrogen) atoms. The van der Waals surface area contributed by atoms with Crippen molar-refractivity contribution in [1.82, 2.24) is 9.88 Å². The predicted molar refractivity (Wildman–Crippen MR) is 123 cm³/mol. The number of nitrogens with one attached hydrogen (secondary N) is 2. The van der Waals surface area contributed by atoms with Crippen LogP contribution in [-0.2, 0) is 9.53 Å². The monoisotopic (exact) mass is 438 g/mol. The van der Waals surface area contributed by atoms with Gasteiger partial charge in [0.15, 0.2) is 0 Å². The minimum atomic E-state index is -0.497. The van der Waals surface area contributed by atoms with Gasteiger partial charge in [0.2, 0.25) is 5.91 Å². The molecule has 0 radical (unpaired) electrons. The largest absolute Gasteiger partial charge is 0.461 e. The molecule has 8 heteroatoms. The number of aromatic nitrogens is 1. The van der Waals surface area contributed by atoms with Crippen molar-refractivity contribution in [2.75, 3.05) is 49.5 Å². The number of anilines is 2. The Hall–Kier alpha value is -3.39. The van der Waals surface area contributed by atoms with Crippen LogP contribution in [0.2, 0.25) is 0 Å². The van der Waals surface area contributed by atoms with Gasteiger partial charge in [-0.3, -0.25) is 9.69 Å². The molecule has 0 atom stereocenters. The van der Waals surface area contributed by atoms with E-state index in [4.69, 9.17) is 4.74 Å². The summed E-state index contributed by atoms with van der Waals surface area (Å²) in [7, 11) is 0.